The van der Waals surface area contributed by atoms with Crippen LogP contribution in [0.25, 0.3) is 0 Å². The van der Waals surface area contributed by atoms with E-state index in [2.05, 4.69) is 13.8 Å². The van der Waals surface area contributed by atoms with E-state index >= 15 is 0 Å². The maximum atomic E-state index is 10.3. The molecule has 0 fully saturated rings. The van der Waals surface area contributed by atoms with Crippen LogP contribution in [0.15, 0.2) is 0 Å². The third-order valence-corrected chi connectivity index (χ3v) is 13.0. The normalized spacial score (nSPS) is 10.9. The van der Waals surface area contributed by atoms with Crippen LogP contribution in [0.4, 0.5) is 0 Å². The Kier molecular flexibility index (Phi) is 75.0. The molecule has 0 bridgehead atoms. The van der Waals surface area contributed by atoms with Crippen LogP contribution in [0.2, 0.25) is 0 Å². The first-order chi connectivity index (χ1) is 29.5. The van der Waals surface area contributed by atoms with E-state index in [1.165, 1.54) is 295 Å². The molecule has 0 aromatic rings. The average molecular weight is 1010 g/mol. The summed E-state index contributed by atoms with van der Waals surface area (Å²) < 4.78 is 0. The third kappa shape index (κ3) is 72.9. The molecule has 0 rings (SSSR count). The molecule has 0 saturated carbocycles. The number of hydrogen-bond acceptors (Lipinski definition) is 4. The largest absolute Gasteiger partial charge is 2.00 e. The number of carbonyl (C=O) groups is 2. The molecule has 0 aliphatic rings. The van der Waals surface area contributed by atoms with Crippen LogP contribution in [0.5, 0.6) is 0 Å². The van der Waals surface area contributed by atoms with Gasteiger partial charge in [-0.15, -0.1) is 0 Å². The van der Waals surface area contributed by atoms with Crippen LogP contribution >= 0.6 is 0 Å². The van der Waals surface area contributed by atoms with Gasteiger partial charge in [-0.3, -0.25) is 0 Å². The molecule has 360 valence electrons. The van der Waals surface area contributed by atoms with Gasteiger partial charge in [-0.05, 0) is 25.7 Å². The molecule has 0 heterocycles. The first-order valence-corrected chi connectivity index (χ1v) is 27.9. The molecule has 6 heteroatoms. The fraction of sp³-hybridized carbons (Fsp3) is 0.964. The standard InChI is InChI=1S/2C28H56O2.Ba.Mg/c2*1-2-3-4-5-6-7-8-9-10-11-12-13-14-15-16-17-18-19-20-21-22-23-24-25-26-27-28(29)30;;/h2*2-27H2,1H3,(H,29,30);;/q;;2*+2/p-2. The van der Waals surface area contributed by atoms with Crippen molar-refractivity contribution in [2.75, 3.05) is 0 Å². The Labute approximate surface area is 447 Å². The van der Waals surface area contributed by atoms with E-state index in [1.807, 2.05) is 0 Å². The molecule has 0 aliphatic carbocycles. The van der Waals surface area contributed by atoms with E-state index < -0.39 is 11.9 Å². The SMILES string of the molecule is CCCCCCCCCCCCCCCCCCCCCCCCCCCC(=O)[O-].CCCCCCCCCCCCCCCCCCCCCCCCCCCC(=O)[O-].[Ba+2].[Mg+2]. The van der Waals surface area contributed by atoms with Gasteiger partial charge in [-0.2, -0.15) is 0 Å². The first kappa shape index (κ1) is 69.8. The van der Waals surface area contributed by atoms with E-state index in [9.17, 15) is 19.8 Å². The first-order valence-electron chi connectivity index (χ1n) is 27.9. The molecule has 0 aromatic heterocycles. The van der Waals surface area contributed by atoms with Crippen molar-refractivity contribution in [3.05, 3.63) is 0 Å². The smallest absolute Gasteiger partial charge is 0.550 e. The van der Waals surface area contributed by atoms with Gasteiger partial charge in [-0.1, -0.05) is 322 Å². The minimum Gasteiger partial charge on any atom is -0.550 e. The second-order valence-corrected chi connectivity index (χ2v) is 19.2. The predicted octanol–water partition coefficient (Wildman–Crippen LogP) is 17.0. The molecular weight excluding hydrogens is 898 g/mol. The summed E-state index contributed by atoms with van der Waals surface area (Å²) in [6.45, 7) is 4.59. The van der Waals surface area contributed by atoms with Gasteiger partial charge in [0, 0.05) is 11.9 Å². The summed E-state index contributed by atoms with van der Waals surface area (Å²) in [5, 5.41) is 20.6. The topological polar surface area (TPSA) is 80.3 Å². The average Bonchev–Trinajstić information content (AvgIpc) is 3.23. The van der Waals surface area contributed by atoms with Crippen molar-refractivity contribution in [3.8, 4) is 0 Å². The number of carboxylic acid groups (broad SMARTS) is 2. The number of unbranched alkanes of at least 4 members (excludes halogenated alkanes) is 48. The quantitative estimate of drug-likeness (QED) is 0.0449. The minimum absolute atomic E-state index is 0. The maximum absolute atomic E-state index is 10.3. The summed E-state index contributed by atoms with van der Waals surface area (Å²) in [4.78, 5) is 20.6. The van der Waals surface area contributed by atoms with Crippen LogP contribution in [-0.4, -0.2) is 83.9 Å². The van der Waals surface area contributed by atoms with Crippen molar-refractivity contribution >= 4 is 83.9 Å². The molecule has 0 unspecified atom stereocenters. The molecule has 0 N–H and O–H groups in total. The van der Waals surface area contributed by atoms with Crippen molar-refractivity contribution in [1.82, 2.24) is 0 Å². The second-order valence-electron chi connectivity index (χ2n) is 19.2. The Bertz CT molecular complexity index is 732. The number of rotatable bonds is 52. The van der Waals surface area contributed by atoms with Crippen molar-refractivity contribution in [3.63, 3.8) is 0 Å². The molecule has 0 saturated heterocycles. The second kappa shape index (κ2) is 66.6. The third-order valence-electron chi connectivity index (χ3n) is 13.0. The Hall–Kier alpha value is 1.28. The fourth-order valence-corrected chi connectivity index (χ4v) is 8.82. The number of carbonyl (C=O) groups excluding carboxylic acids is 2. The van der Waals surface area contributed by atoms with Crippen LogP contribution in [-0.2, 0) is 9.59 Å². The fourth-order valence-electron chi connectivity index (χ4n) is 8.82. The summed E-state index contributed by atoms with van der Waals surface area (Å²) >= 11 is 0. The van der Waals surface area contributed by atoms with Crippen molar-refractivity contribution < 1.29 is 19.8 Å². The molecule has 0 radical (unpaired) electrons. The minimum atomic E-state index is -0.899. The monoisotopic (exact) mass is 1010 g/mol. The Morgan fingerprint density at radius 2 is 0.323 bits per heavy atom. The van der Waals surface area contributed by atoms with E-state index in [0.29, 0.717) is 0 Å². The number of aliphatic carboxylic acids is 2. The zero-order chi connectivity index (χ0) is 43.9. The molecule has 62 heavy (non-hydrogen) atoms. The van der Waals surface area contributed by atoms with Gasteiger partial charge < -0.3 is 19.8 Å². The number of hydrogen-bond donors (Lipinski definition) is 0. The van der Waals surface area contributed by atoms with E-state index in [1.54, 1.807) is 0 Å². The summed E-state index contributed by atoms with van der Waals surface area (Å²) in [7, 11) is 0. The summed E-state index contributed by atoms with van der Waals surface area (Å²) in [5.74, 6) is -1.80. The van der Waals surface area contributed by atoms with Gasteiger partial charge in [0.2, 0.25) is 0 Å². The zero-order valence-corrected chi connectivity index (χ0v) is 48.7. The van der Waals surface area contributed by atoms with E-state index in [0.717, 1.165) is 25.7 Å². The van der Waals surface area contributed by atoms with Gasteiger partial charge in [-0.25, -0.2) is 0 Å². The summed E-state index contributed by atoms with van der Waals surface area (Å²) in [6, 6.07) is 0. The molecular formula is C56H110BaMgO4+2. The van der Waals surface area contributed by atoms with E-state index in [-0.39, 0.29) is 84.8 Å². The van der Waals surface area contributed by atoms with Gasteiger partial charge in [0.15, 0.2) is 0 Å². The van der Waals surface area contributed by atoms with Gasteiger partial charge >= 0.3 is 71.9 Å². The molecule has 4 nitrogen and oxygen atoms in total. The van der Waals surface area contributed by atoms with Crippen LogP contribution in [0.1, 0.15) is 348 Å². The molecule has 0 spiro atoms. The molecule has 0 amide bonds. The maximum Gasteiger partial charge on any atom is 2.00 e. The van der Waals surface area contributed by atoms with Crippen LogP contribution < -0.4 is 10.2 Å². The Morgan fingerprint density at radius 1 is 0.226 bits per heavy atom. The molecule has 0 atom stereocenters. The summed E-state index contributed by atoms with van der Waals surface area (Å²) in [6.07, 6.45) is 69.3. The number of carboxylic acids is 2. The molecule has 0 aromatic carbocycles. The Balaban J connectivity index is -0.000000526. The molecule has 0 aliphatic heterocycles. The van der Waals surface area contributed by atoms with Crippen molar-refractivity contribution in [1.29, 1.82) is 0 Å². The predicted molar refractivity (Wildman–Crippen MR) is 273 cm³/mol. The Morgan fingerprint density at radius 3 is 0.419 bits per heavy atom. The van der Waals surface area contributed by atoms with Crippen molar-refractivity contribution in [2.24, 2.45) is 0 Å². The van der Waals surface area contributed by atoms with Crippen LogP contribution in [0.3, 0.4) is 0 Å². The van der Waals surface area contributed by atoms with Gasteiger partial charge in [0.1, 0.15) is 0 Å². The van der Waals surface area contributed by atoms with Gasteiger partial charge in [0.25, 0.3) is 0 Å². The van der Waals surface area contributed by atoms with Crippen molar-refractivity contribution in [2.45, 2.75) is 348 Å². The van der Waals surface area contributed by atoms with E-state index in [4.69, 9.17) is 0 Å². The van der Waals surface area contributed by atoms with Gasteiger partial charge in [0.05, 0.1) is 0 Å². The summed E-state index contributed by atoms with van der Waals surface area (Å²) in [5.41, 5.74) is 0. The zero-order valence-electron chi connectivity index (χ0n) is 42.8. The van der Waals surface area contributed by atoms with Crippen LogP contribution in [0, 0.1) is 0 Å².